The normalized spacial score (nSPS) is 10.7. The Hall–Kier alpha value is -1.42. The van der Waals surface area contributed by atoms with Gasteiger partial charge in [-0.1, -0.05) is 6.07 Å². The van der Waals surface area contributed by atoms with Crippen molar-refractivity contribution in [1.29, 1.82) is 0 Å². The van der Waals surface area contributed by atoms with Crippen LogP contribution in [0.1, 0.15) is 12.5 Å². The van der Waals surface area contributed by atoms with E-state index in [2.05, 4.69) is 15.6 Å². The van der Waals surface area contributed by atoms with Gasteiger partial charge in [-0.15, -0.1) is 24.0 Å². The highest BCUT2D eigenvalue weighted by molar-refractivity contribution is 14.0. The summed E-state index contributed by atoms with van der Waals surface area (Å²) in [5.41, 5.74) is 1.04. The minimum atomic E-state index is 0. The Labute approximate surface area is 167 Å². The van der Waals surface area contributed by atoms with Crippen LogP contribution >= 0.6 is 24.0 Å². The molecule has 2 N–H and O–H groups in total. The number of rotatable bonds is 10. The number of guanidine groups is 1. The largest absolute Gasteiger partial charge is 0.493 e. The predicted octanol–water partition coefficient (Wildman–Crippen LogP) is 2.07. The summed E-state index contributed by atoms with van der Waals surface area (Å²) in [7, 11) is 6.51. The average Bonchev–Trinajstić information content (AvgIpc) is 2.61. The highest BCUT2D eigenvalue weighted by Crippen LogP contribution is 2.39. The number of benzene rings is 1. The molecule has 0 heterocycles. The van der Waals surface area contributed by atoms with Gasteiger partial charge in [-0.25, -0.2) is 0 Å². The minimum absolute atomic E-state index is 0. The minimum Gasteiger partial charge on any atom is -0.493 e. The smallest absolute Gasteiger partial charge is 0.203 e. The van der Waals surface area contributed by atoms with Gasteiger partial charge in [0, 0.05) is 25.8 Å². The van der Waals surface area contributed by atoms with Crippen molar-refractivity contribution in [2.24, 2.45) is 4.99 Å². The molecular formula is C17H30IN3O4. The van der Waals surface area contributed by atoms with Crippen molar-refractivity contribution in [3.63, 3.8) is 0 Å². The van der Waals surface area contributed by atoms with Gasteiger partial charge in [-0.2, -0.15) is 0 Å². The molecule has 7 nitrogen and oxygen atoms in total. The summed E-state index contributed by atoms with van der Waals surface area (Å²) in [6.07, 6.45) is 0.762. The average molecular weight is 467 g/mol. The first-order chi connectivity index (χ1) is 11.7. The van der Waals surface area contributed by atoms with E-state index in [4.69, 9.17) is 18.9 Å². The fraction of sp³-hybridized carbons (Fsp3) is 0.588. The molecule has 0 bridgehead atoms. The third kappa shape index (κ3) is 7.55. The number of nitrogens with zero attached hydrogens (tertiary/aromatic N) is 1. The number of ether oxygens (including phenoxy) is 4. The van der Waals surface area contributed by atoms with Crippen LogP contribution in [-0.4, -0.2) is 60.6 Å². The molecule has 0 saturated carbocycles. The third-order valence-electron chi connectivity index (χ3n) is 3.38. The number of methoxy groups -OCH3 is 4. The van der Waals surface area contributed by atoms with E-state index in [0.29, 0.717) is 36.9 Å². The van der Waals surface area contributed by atoms with Crippen molar-refractivity contribution in [3.05, 3.63) is 17.7 Å². The Bertz CT molecular complexity index is 527. The lowest BCUT2D eigenvalue weighted by molar-refractivity contribution is 0.208. The summed E-state index contributed by atoms with van der Waals surface area (Å²) in [5, 5.41) is 6.51. The van der Waals surface area contributed by atoms with Crippen molar-refractivity contribution >= 4 is 29.9 Å². The number of aliphatic imine (C=N–C) groups is 1. The van der Waals surface area contributed by atoms with Gasteiger partial charge in [0.05, 0.1) is 34.5 Å². The molecule has 0 saturated heterocycles. The fourth-order valence-electron chi connectivity index (χ4n) is 2.27. The van der Waals surface area contributed by atoms with Crippen LogP contribution in [0.5, 0.6) is 17.2 Å². The Morgan fingerprint density at radius 2 is 1.72 bits per heavy atom. The molecule has 0 aliphatic carbocycles. The molecule has 0 aliphatic heterocycles. The van der Waals surface area contributed by atoms with Crippen molar-refractivity contribution in [3.8, 4) is 17.2 Å². The van der Waals surface area contributed by atoms with Crippen LogP contribution in [-0.2, 0) is 11.2 Å². The fourth-order valence-corrected chi connectivity index (χ4v) is 2.27. The van der Waals surface area contributed by atoms with Crippen LogP contribution in [0.3, 0.4) is 0 Å². The zero-order chi connectivity index (χ0) is 17.8. The second-order valence-corrected chi connectivity index (χ2v) is 4.92. The van der Waals surface area contributed by atoms with Gasteiger partial charge >= 0.3 is 0 Å². The molecule has 8 heteroatoms. The molecule has 1 aromatic rings. The van der Waals surface area contributed by atoms with E-state index in [1.807, 2.05) is 19.1 Å². The number of hydrogen-bond donors (Lipinski definition) is 2. The van der Waals surface area contributed by atoms with Crippen molar-refractivity contribution in [1.82, 2.24) is 10.6 Å². The molecule has 0 fully saturated rings. The maximum absolute atomic E-state index is 5.50. The summed E-state index contributed by atoms with van der Waals surface area (Å²) < 4.78 is 21.2. The van der Waals surface area contributed by atoms with Gasteiger partial charge in [0.2, 0.25) is 5.75 Å². The monoisotopic (exact) mass is 467 g/mol. The molecule has 25 heavy (non-hydrogen) atoms. The van der Waals surface area contributed by atoms with Crippen LogP contribution < -0.4 is 24.8 Å². The SMILES string of the molecule is CCNC(=NCCOC)NCCc1ccc(OC)c(OC)c1OC.I. The van der Waals surface area contributed by atoms with Crippen LogP contribution in [0, 0.1) is 0 Å². The van der Waals surface area contributed by atoms with Gasteiger partial charge in [-0.3, -0.25) is 4.99 Å². The van der Waals surface area contributed by atoms with Crippen LogP contribution in [0.25, 0.3) is 0 Å². The van der Waals surface area contributed by atoms with Crippen molar-refractivity contribution in [2.45, 2.75) is 13.3 Å². The first-order valence-electron chi connectivity index (χ1n) is 8.00. The van der Waals surface area contributed by atoms with E-state index in [1.165, 1.54) is 0 Å². The molecule has 0 spiro atoms. The van der Waals surface area contributed by atoms with E-state index in [1.54, 1.807) is 28.4 Å². The summed E-state index contributed by atoms with van der Waals surface area (Å²) in [4.78, 5) is 4.43. The summed E-state index contributed by atoms with van der Waals surface area (Å²) in [6.45, 7) is 4.76. The maximum Gasteiger partial charge on any atom is 0.203 e. The summed E-state index contributed by atoms with van der Waals surface area (Å²) in [6, 6.07) is 3.87. The molecule has 0 unspecified atom stereocenters. The van der Waals surface area contributed by atoms with Crippen LogP contribution in [0.15, 0.2) is 17.1 Å². The Kier molecular flexibility index (Phi) is 13.0. The van der Waals surface area contributed by atoms with Gasteiger partial charge in [-0.05, 0) is 19.4 Å². The lowest BCUT2D eigenvalue weighted by atomic mass is 10.1. The topological polar surface area (TPSA) is 73.3 Å². The second-order valence-electron chi connectivity index (χ2n) is 4.92. The van der Waals surface area contributed by atoms with Crippen LogP contribution in [0.4, 0.5) is 0 Å². The van der Waals surface area contributed by atoms with Gasteiger partial charge in [0.15, 0.2) is 17.5 Å². The molecule has 1 rings (SSSR count). The molecule has 1 aromatic carbocycles. The van der Waals surface area contributed by atoms with Crippen LogP contribution in [0.2, 0.25) is 0 Å². The number of halogens is 1. The van der Waals surface area contributed by atoms with Gasteiger partial charge < -0.3 is 29.6 Å². The number of hydrogen-bond acceptors (Lipinski definition) is 5. The summed E-state index contributed by atoms with van der Waals surface area (Å²) in [5.74, 6) is 2.73. The Morgan fingerprint density at radius 1 is 1.00 bits per heavy atom. The Morgan fingerprint density at radius 3 is 2.28 bits per heavy atom. The Balaban J connectivity index is 0.00000576. The lowest BCUT2D eigenvalue weighted by Gasteiger charge is -2.16. The first kappa shape index (κ1) is 23.6. The highest BCUT2D eigenvalue weighted by atomic mass is 127. The van der Waals surface area contributed by atoms with E-state index < -0.39 is 0 Å². The molecule has 0 radical (unpaired) electrons. The molecule has 0 aliphatic rings. The van der Waals surface area contributed by atoms with Crippen molar-refractivity contribution < 1.29 is 18.9 Å². The molecule has 144 valence electrons. The van der Waals surface area contributed by atoms with Gasteiger partial charge in [0.25, 0.3) is 0 Å². The van der Waals surface area contributed by atoms with E-state index in [0.717, 1.165) is 24.5 Å². The standard InChI is InChI=1S/C17H29N3O4.HI/c1-6-18-17(20-11-12-21-2)19-10-9-13-7-8-14(22-3)16(24-5)15(13)23-4;/h7-8H,6,9-12H2,1-5H3,(H2,18,19,20);1H. The molecular weight excluding hydrogens is 437 g/mol. The van der Waals surface area contributed by atoms with E-state index in [9.17, 15) is 0 Å². The highest BCUT2D eigenvalue weighted by Gasteiger charge is 2.15. The first-order valence-corrected chi connectivity index (χ1v) is 8.00. The molecule has 0 atom stereocenters. The van der Waals surface area contributed by atoms with Gasteiger partial charge in [0.1, 0.15) is 0 Å². The summed E-state index contributed by atoms with van der Waals surface area (Å²) >= 11 is 0. The second kappa shape index (κ2) is 13.8. The third-order valence-corrected chi connectivity index (χ3v) is 3.38. The number of nitrogens with one attached hydrogen (secondary N) is 2. The molecule has 0 aromatic heterocycles. The maximum atomic E-state index is 5.50. The zero-order valence-electron chi connectivity index (χ0n) is 15.7. The predicted molar refractivity (Wildman–Crippen MR) is 111 cm³/mol. The van der Waals surface area contributed by atoms with E-state index in [-0.39, 0.29) is 24.0 Å². The molecule has 0 amide bonds. The zero-order valence-corrected chi connectivity index (χ0v) is 18.0. The quantitative estimate of drug-likeness (QED) is 0.238. The van der Waals surface area contributed by atoms with E-state index >= 15 is 0 Å². The van der Waals surface area contributed by atoms with Crippen molar-refractivity contribution in [2.75, 3.05) is 54.7 Å². The lowest BCUT2D eigenvalue weighted by Crippen LogP contribution is -2.38.